The van der Waals surface area contributed by atoms with Gasteiger partial charge in [-0.2, -0.15) is 0 Å². The molecule has 1 aromatic carbocycles. The fraction of sp³-hybridized carbons (Fsp3) is 0.455. The molecule has 0 fully saturated rings. The Bertz CT molecular complexity index is 1040. The zero-order valence-electron chi connectivity index (χ0n) is 16.8. The van der Waals surface area contributed by atoms with Crippen molar-refractivity contribution in [2.75, 3.05) is 13.7 Å². The van der Waals surface area contributed by atoms with Crippen molar-refractivity contribution in [1.82, 2.24) is 9.55 Å². The maximum atomic E-state index is 13.0. The number of nitrogens with zero attached hydrogens (tertiary/aromatic N) is 2. The van der Waals surface area contributed by atoms with E-state index in [1.54, 1.807) is 24.8 Å². The highest BCUT2D eigenvalue weighted by Crippen LogP contribution is 2.35. The predicted octanol–water partition coefficient (Wildman–Crippen LogP) is 3.17. The fourth-order valence-electron chi connectivity index (χ4n) is 3.81. The van der Waals surface area contributed by atoms with Gasteiger partial charge in [-0.25, -0.2) is 4.98 Å². The molecule has 0 spiro atoms. The molecule has 1 aliphatic rings. The highest BCUT2D eigenvalue weighted by atomic mass is 32.1. The van der Waals surface area contributed by atoms with E-state index in [1.807, 2.05) is 24.3 Å². The van der Waals surface area contributed by atoms with Crippen molar-refractivity contribution in [3.63, 3.8) is 0 Å². The number of hydrogen-bond acceptors (Lipinski definition) is 6. The van der Waals surface area contributed by atoms with Gasteiger partial charge >= 0.3 is 0 Å². The number of ether oxygens (including phenoxy) is 2. The van der Waals surface area contributed by atoms with E-state index in [-0.39, 0.29) is 18.7 Å². The van der Waals surface area contributed by atoms with Crippen LogP contribution in [0.2, 0.25) is 0 Å². The molecule has 1 aliphatic carbocycles. The molecule has 154 valence electrons. The number of aliphatic hydroxyl groups is 1. The first kappa shape index (κ1) is 20.1. The van der Waals surface area contributed by atoms with Crippen molar-refractivity contribution >= 4 is 21.6 Å². The normalized spacial score (nSPS) is 17.3. The van der Waals surface area contributed by atoms with Crippen molar-refractivity contribution in [2.24, 2.45) is 5.92 Å². The molecule has 6 nitrogen and oxygen atoms in total. The molecular formula is C22H26N2O4S. The molecule has 2 atom stereocenters. The second-order valence-corrected chi connectivity index (χ2v) is 8.83. The Hall–Kier alpha value is -2.22. The number of hydrogen-bond donors (Lipinski definition) is 1. The first-order valence-electron chi connectivity index (χ1n) is 9.93. The molecule has 0 amide bonds. The van der Waals surface area contributed by atoms with Crippen molar-refractivity contribution in [3.05, 3.63) is 57.0 Å². The van der Waals surface area contributed by atoms with Gasteiger partial charge in [-0.15, -0.1) is 11.3 Å². The van der Waals surface area contributed by atoms with Gasteiger partial charge in [0.1, 0.15) is 10.6 Å². The zero-order valence-corrected chi connectivity index (χ0v) is 17.6. The maximum absolute atomic E-state index is 13.0. The molecular weight excluding hydrogens is 388 g/mol. The third kappa shape index (κ3) is 4.37. The summed E-state index contributed by atoms with van der Waals surface area (Å²) in [6, 6.07) is 7.60. The van der Waals surface area contributed by atoms with E-state index in [0.717, 1.165) is 40.8 Å². The van der Waals surface area contributed by atoms with Crippen molar-refractivity contribution < 1.29 is 14.6 Å². The van der Waals surface area contributed by atoms with Gasteiger partial charge in [-0.1, -0.05) is 19.1 Å². The summed E-state index contributed by atoms with van der Waals surface area (Å²) in [4.78, 5) is 19.6. The molecule has 0 unspecified atom stereocenters. The number of rotatable bonds is 7. The Morgan fingerprint density at radius 2 is 2.14 bits per heavy atom. The van der Waals surface area contributed by atoms with Gasteiger partial charge < -0.3 is 14.6 Å². The lowest BCUT2D eigenvalue weighted by Gasteiger charge is -2.17. The summed E-state index contributed by atoms with van der Waals surface area (Å²) in [6.07, 6.45) is 3.83. The van der Waals surface area contributed by atoms with Crippen LogP contribution in [0.1, 0.15) is 29.3 Å². The zero-order chi connectivity index (χ0) is 20.4. The third-order valence-electron chi connectivity index (χ3n) is 5.43. The van der Waals surface area contributed by atoms with Crippen LogP contribution in [-0.4, -0.2) is 34.5 Å². The number of thiophene rings is 1. The van der Waals surface area contributed by atoms with Gasteiger partial charge in [0, 0.05) is 4.88 Å². The van der Waals surface area contributed by atoms with E-state index in [4.69, 9.17) is 9.47 Å². The molecule has 0 saturated carbocycles. The summed E-state index contributed by atoms with van der Waals surface area (Å²) in [7, 11) is 1.63. The van der Waals surface area contributed by atoms with E-state index in [1.165, 1.54) is 15.0 Å². The van der Waals surface area contributed by atoms with Crippen LogP contribution in [0.5, 0.6) is 5.75 Å². The average Bonchev–Trinajstić information content (AvgIpc) is 3.09. The van der Waals surface area contributed by atoms with Crippen molar-refractivity contribution in [3.8, 4) is 5.75 Å². The Labute approximate surface area is 173 Å². The van der Waals surface area contributed by atoms with Gasteiger partial charge in [0.25, 0.3) is 5.56 Å². The van der Waals surface area contributed by atoms with Crippen molar-refractivity contribution in [2.45, 2.75) is 45.4 Å². The van der Waals surface area contributed by atoms with Gasteiger partial charge in [0.2, 0.25) is 0 Å². The molecule has 0 bridgehead atoms. The largest absolute Gasteiger partial charge is 0.497 e. The quantitative estimate of drug-likeness (QED) is 0.643. The molecule has 0 saturated heterocycles. The lowest BCUT2D eigenvalue weighted by molar-refractivity contribution is 0.0198. The van der Waals surface area contributed by atoms with Gasteiger partial charge in [-0.3, -0.25) is 9.36 Å². The van der Waals surface area contributed by atoms with E-state index in [0.29, 0.717) is 12.5 Å². The first-order valence-corrected chi connectivity index (χ1v) is 10.7. The fourth-order valence-corrected chi connectivity index (χ4v) is 5.15. The minimum Gasteiger partial charge on any atom is -0.497 e. The summed E-state index contributed by atoms with van der Waals surface area (Å²) >= 11 is 1.64. The molecule has 2 heterocycles. The molecule has 2 aromatic heterocycles. The molecule has 3 aromatic rings. The highest BCUT2D eigenvalue weighted by Gasteiger charge is 2.23. The molecule has 0 radical (unpaired) electrons. The van der Waals surface area contributed by atoms with Crippen LogP contribution < -0.4 is 10.3 Å². The summed E-state index contributed by atoms with van der Waals surface area (Å²) < 4.78 is 12.3. The average molecular weight is 415 g/mol. The van der Waals surface area contributed by atoms with Crippen LogP contribution in [0, 0.1) is 5.92 Å². The van der Waals surface area contributed by atoms with Crippen LogP contribution in [0.15, 0.2) is 35.4 Å². The second-order valence-electron chi connectivity index (χ2n) is 7.75. The minimum atomic E-state index is -0.778. The van der Waals surface area contributed by atoms with E-state index < -0.39 is 6.10 Å². The van der Waals surface area contributed by atoms with E-state index >= 15 is 0 Å². The second kappa shape index (κ2) is 8.65. The minimum absolute atomic E-state index is 0.0590. The van der Waals surface area contributed by atoms with Crippen LogP contribution in [0.25, 0.3) is 10.2 Å². The topological polar surface area (TPSA) is 73.6 Å². The number of aliphatic hydroxyl groups excluding tert-OH is 1. The summed E-state index contributed by atoms with van der Waals surface area (Å²) in [5, 5.41) is 11.1. The van der Waals surface area contributed by atoms with Gasteiger partial charge in [-0.05, 0) is 48.4 Å². The standard InChI is InChI=1S/C22H26N2O4S/c1-14-3-8-18-19(9-14)29-21-20(18)22(26)24(13-23-21)10-16(25)12-28-11-15-4-6-17(27-2)7-5-15/h4-7,13-14,16,25H,3,8-12H2,1-2H3/t14-,16+/m1/s1. The lowest BCUT2D eigenvalue weighted by atomic mass is 9.89. The number of aromatic nitrogens is 2. The highest BCUT2D eigenvalue weighted by molar-refractivity contribution is 7.18. The summed E-state index contributed by atoms with van der Waals surface area (Å²) in [5.41, 5.74) is 2.11. The predicted molar refractivity (Wildman–Crippen MR) is 114 cm³/mol. The molecule has 7 heteroatoms. The maximum Gasteiger partial charge on any atom is 0.262 e. The first-order chi connectivity index (χ1) is 14.0. The lowest BCUT2D eigenvalue weighted by Crippen LogP contribution is -2.29. The monoisotopic (exact) mass is 414 g/mol. The Morgan fingerprint density at radius 1 is 1.34 bits per heavy atom. The van der Waals surface area contributed by atoms with Gasteiger partial charge in [0.15, 0.2) is 0 Å². The molecule has 4 rings (SSSR count). The number of fused-ring (bicyclic) bond motifs is 3. The van der Waals surface area contributed by atoms with Crippen LogP contribution in [0.3, 0.4) is 0 Å². The number of methoxy groups -OCH3 is 1. The Kier molecular flexibility index (Phi) is 5.99. The number of benzene rings is 1. The van der Waals surface area contributed by atoms with E-state index in [2.05, 4.69) is 11.9 Å². The number of aryl methyl sites for hydroxylation is 1. The van der Waals surface area contributed by atoms with Crippen LogP contribution in [-0.2, 0) is 30.7 Å². The smallest absolute Gasteiger partial charge is 0.262 e. The molecule has 29 heavy (non-hydrogen) atoms. The van der Waals surface area contributed by atoms with Crippen LogP contribution in [0.4, 0.5) is 0 Å². The summed E-state index contributed by atoms with van der Waals surface area (Å²) in [5.74, 6) is 1.45. The molecule has 0 aliphatic heterocycles. The van der Waals surface area contributed by atoms with E-state index in [9.17, 15) is 9.90 Å². The Balaban J connectivity index is 1.40. The van der Waals surface area contributed by atoms with Crippen molar-refractivity contribution in [1.29, 1.82) is 0 Å². The Morgan fingerprint density at radius 3 is 2.90 bits per heavy atom. The molecule has 1 N–H and O–H groups in total. The SMILES string of the molecule is COc1ccc(COC[C@@H](O)Cn2cnc3sc4c(c3c2=O)CC[C@@H](C)C4)cc1. The summed E-state index contributed by atoms with van der Waals surface area (Å²) in [6.45, 7) is 2.96. The van der Waals surface area contributed by atoms with Gasteiger partial charge in [0.05, 0.1) is 44.7 Å². The van der Waals surface area contributed by atoms with Crippen LogP contribution >= 0.6 is 11.3 Å². The third-order valence-corrected chi connectivity index (χ3v) is 6.59.